The van der Waals surface area contributed by atoms with Crippen molar-refractivity contribution in [3.63, 3.8) is 0 Å². The van der Waals surface area contributed by atoms with Gasteiger partial charge in [0.2, 0.25) is 11.8 Å². The Bertz CT molecular complexity index is 1200. The average molecular weight is 587 g/mol. The second kappa shape index (κ2) is 13.4. The first kappa shape index (κ1) is 32.6. The smallest absolute Gasteiger partial charge is 0.253 e. The van der Waals surface area contributed by atoms with Gasteiger partial charge in [-0.05, 0) is 63.1 Å². The van der Waals surface area contributed by atoms with Crippen LogP contribution in [-0.2, 0) is 9.59 Å². The van der Waals surface area contributed by atoms with Gasteiger partial charge in [0.1, 0.15) is 11.6 Å². The Kier molecular flexibility index (Phi) is 10.6. The summed E-state index contributed by atoms with van der Waals surface area (Å²) in [5.41, 5.74) is 3.95. The van der Waals surface area contributed by atoms with Gasteiger partial charge in [0.15, 0.2) is 0 Å². The summed E-state index contributed by atoms with van der Waals surface area (Å²) in [5, 5.41) is 10.7. The fourth-order valence-electron chi connectivity index (χ4n) is 6.39. The van der Waals surface area contributed by atoms with Crippen LogP contribution in [0.15, 0.2) is 24.3 Å². The Morgan fingerprint density at radius 1 is 1.12 bits per heavy atom. The first-order valence-corrected chi connectivity index (χ1v) is 14.7. The number of H-pyrrole nitrogens is 1. The van der Waals surface area contributed by atoms with Gasteiger partial charge < -0.3 is 15.1 Å². The molecule has 2 aliphatic rings. The van der Waals surface area contributed by atoms with E-state index < -0.39 is 11.6 Å². The summed E-state index contributed by atoms with van der Waals surface area (Å²) in [5.74, 6) is 0.344. The van der Waals surface area contributed by atoms with Crippen LogP contribution in [0.3, 0.4) is 0 Å². The molecule has 0 saturated carbocycles. The molecule has 1 aromatic carbocycles. The maximum absolute atomic E-state index is 13.7. The second-order valence-electron chi connectivity index (χ2n) is 12.1. The Hall–Kier alpha value is -2.91. The van der Waals surface area contributed by atoms with Gasteiger partial charge in [-0.15, -0.1) is 12.4 Å². The number of piperazine rings is 1. The van der Waals surface area contributed by atoms with Crippen molar-refractivity contribution < 1.29 is 14.4 Å². The van der Waals surface area contributed by atoms with Crippen molar-refractivity contribution in [3.8, 4) is 0 Å². The van der Waals surface area contributed by atoms with Crippen molar-refractivity contribution in [2.75, 3.05) is 33.7 Å². The van der Waals surface area contributed by atoms with E-state index in [-0.39, 0.29) is 36.2 Å². The first-order valence-electron chi connectivity index (χ1n) is 14.7. The number of carbonyl (C=O) groups is 3. The Labute approximate surface area is 250 Å². The molecule has 4 rings (SSSR count). The third-order valence-electron chi connectivity index (χ3n) is 8.58. The molecule has 2 atom stereocenters. The molecule has 2 fully saturated rings. The quantitative estimate of drug-likeness (QED) is 0.457. The van der Waals surface area contributed by atoms with Crippen LogP contribution < -0.4 is 5.32 Å². The number of piperidine rings is 1. The highest BCUT2D eigenvalue weighted by Gasteiger charge is 2.54. The summed E-state index contributed by atoms with van der Waals surface area (Å²) in [6.07, 6.45) is 3.66. The molecule has 2 saturated heterocycles. The van der Waals surface area contributed by atoms with E-state index in [1.165, 1.54) is 0 Å². The molecule has 0 aliphatic carbocycles. The fraction of sp³-hybridized carbons (Fsp3) is 0.613. The van der Waals surface area contributed by atoms with Gasteiger partial charge in [-0.2, -0.15) is 5.10 Å². The van der Waals surface area contributed by atoms with Crippen molar-refractivity contribution in [2.45, 2.75) is 84.3 Å². The topological polar surface area (TPSA) is 102 Å². The average Bonchev–Trinajstić information content (AvgIpc) is 3.25. The number of rotatable bonds is 9. The summed E-state index contributed by atoms with van der Waals surface area (Å²) >= 11 is 0. The van der Waals surface area contributed by atoms with E-state index in [1.807, 2.05) is 43.0 Å². The molecular formula is C31H47ClN6O3. The van der Waals surface area contributed by atoms with E-state index >= 15 is 0 Å². The molecule has 0 radical (unpaired) electrons. The Morgan fingerprint density at radius 2 is 1.76 bits per heavy atom. The molecule has 1 aromatic heterocycles. The minimum absolute atomic E-state index is 0. The number of carbonyl (C=O) groups excluding carboxylic acids is 3. The number of nitrogens with zero attached hydrogens (tertiary/aromatic N) is 4. The Morgan fingerprint density at radius 3 is 2.27 bits per heavy atom. The van der Waals surface area contributed by atoms with E-state index in [9.17, 15) is 14.4 Å². The molecule has 41 heavy (non-hydrogen) atoms. The third kappa shape index (κ3) is 6.46. The summed E-state index contributed by atoms with van der Waals surface area (Å²) < 4.78 is 0. The number of unbranched alkanes of at least 4 members (excludes halogenated alkanes) is 1. The number of nitrogens with one attached hydrogen (secondary N) is 2. The lowest BCUT2D eigenvalue weighted by molar-refractivity contribution is -0.162. The number of aromatic amines is 1. The molecule has 2 aromatic rings. The van der Waals surface area contributed by atoms with Gasteiger partial charge in [-0.1, -0.05) is 39.3 Å². The lowest BCUT2D eigenvalue weighted by Gasteiger charge is -2.52. The minimum atomic E-state index is -0.816. The lowest BCUT2D eigenvalue weighted by Crippen LogP contribution is -2.73. The van der Waals surface area contributed by atoms with Gasteiger partial charge in [0.25, 0.3) is 5.91 Å². The monoisotopic (exact) mass is 586 g/mol. The standard InChI is InChI=1S/C31H46N6O3.ClH/c1-8-9-16-37-29(39)25(19-20(2)3)32-30(40)31(37)14-17-36(18-15-31)27(26-21(4)33-34-22(26)5)23-10-12-24(13-11-23)28(38)35(6)7;/h10-13,20,25,27H,8-9,14-19H2,1-7H3,(H,32,40)(H,33,34);1H/t25-,27?;/m0./s1. The highest BCUT2D eigenvalue weighted by molar-refractivity contribution is 6.00. The van der Waals surface area contributed by atoms with Crippen LogP contribution in [0.5, 0.6) is 0 Å². The lowest BCUT2D eigenvalue weighted by atomic mass is 9.79. The molecule has 2 N–H and O–H groups in total. The van der Waals surface area contributed by atoms with Crippen molar-refractivity contribution in [3.05, 3.63) is 52.3 Å². The zero-order chi connectivity index (χ0) is 29.2. The van der Waals surface area contributed by atoms with Gasteiger partial charge >= 0.3 is 0 Å². The maximum atomic E-state index is 13.7. The van der Waals surface area contributed by atoms with Crippen LogP contribution in [0.4, 0.5) is 0 Å². The molecule has 9 nitrogen and oxygen atoms in total. The molecule has 1 unspecified atom stereocenters. The third-order valence-corrected chi connectivity index (χ3v) is 8.58. The van der Waals surface area contributed by atoms with Crippen molar-refractivity contribution in [1.29, 1.82) is 0 Å². The van der Waals surface area contributed by atoms with Gasteiger partial charge in [-0.25, -0.2) is 0 Å². The highest BCUT2D eigenvalue weighted by Crippen LogP contribution is 2.40. The van der Waals surface area contributed by atoms with Crippen molar-refractivity contribution >= 4 is 30.1 Å². The normalized spacial score (nSPS) is 19.7. The summed E-state index contributed by atoms with van der Waals surface area (Å²) in [6, 6.07) is 7.29. The van der Waals surface area contributed by atoms with Crippen LogP contribution in [0, 0.1) is 19.8 Å². The van der Waals surface area contributed by atoms with E-state index in [1.54, 1.807) is 19.0 Å². The number of benzene rings is 1. The molecular weight excluding hydrogens is 540 g/mol. The number of aryl methyl sites for hydroxylation is 2. The van der Waals surface area contributed by atoms with Crippen LogP contribution in [0.2, 0.25) is 0 Å². The number of aromatic nitrogens is 2. The molecule has 3 heterocycles. The van der Waals surface area contributed by atoms with E-state index in [4.69, 9.17) is 0 Å². The second-order valence-corrected chi connectivity index (χ2v) is 12.1. The van der Waals surface area contributed by atoms with E-state index in [0.717, 1.165) is 35.4 Å². The summed E-state index contributed by atoms with van der Waals surface area (Å²) in [6.45, 7) is 12.3. The van der Waals surface area contributed by atoms with Gasteiger partial charge in [0, 0.05) is 50.6 Å². The van der Waals surface area contributed by atoms with Crippen LogP contribution >= 0.6 is 12.4 Å². The predicted molar refractivity (Wildman–Crippen MR) is 163 cm³/mol. The SMILES string of the molecule is CCCCN1C(=O)[C@H](CC(C)C)NC(=O)C12CCN(C(c1ccc(C(=O)N(C)C)cc1)c1c(C)n[nH]c1C)CC2.Cl. The number of likely N-dealkylation sites (tertiary alicyclic amines) is 1. The van der Waals surface area contributed by atoms with E-state index in [2.05, 4.69) is 41.2 Å². The number of hydrogen-bond donors (Lipinski definition) is 2. The number of halogens is 1. The maximum Gasteiger partial charge on any atom is 0.253 e. The van der Waals surface area contributed by atoms with Crippen molar-refractivity contribution in [1.82, 2.24) is 30.2 Å². The first-order chi connectivity index (χ1) is 19.0. The fourth-order valence-corrected chi connectivity index (χ4v) is 6.39. The zero-order valence-electron chi connectivity index (χ0n) is 25.6. The molecule has 10 heteroatoms. The van der Waals surface area contributed by atoms with Crippen LogP contribution in [0.25, 0.3) is 0 Å². The van der Waals surface area contributed by atoms with E-state index in [0.29, 0.717) is 50.4 Å². The largest absolute Gasteiger partial charge is 0.345 e. The summed E-state index contributed by atoms with van der Waals surface area (Å²) in [4.78, 5) is 45.8. The Balaban J connectivity index is 0.00000462. The molecule has 1 spiro atoms. The summed E-state index contributed by atoms with van der Waals surface area (Å²) in [7, 11) is 3.50. The molecule has 2 aliphatic heterocycles. The van der Waals surface area contributed by atoms with Crippen LogP contribution in [0.1, 0.15) is 91.8 Å². The van der Waals surface area contributed by atoms with Gasteiger partial charge in [0.05, 0.1) is 11.7 Å². The number of hydrogen-bond acceptors (Lipinski definition) is 5. The molecule has 0 bridgehead atoms. The predicted octanol–water partition coefficient (Wildman–Crippen LogP) is 4.25. The highest BCUT2D eigenvalue weighted by atomic mass is 35.5. The van der Waals surface area contributed by atoms with Gasteiger partial charge in [-0.3, -0.25) is 24.4 Å². The van der Waals surface area contributed by atoms with Crippen molar-refractivity contribution in [2.24, 2.45) is 5.92 Å². The zero-order valence-corrected chi connectivity index (χ0v) is 26.4. The number of amides is 3. The van der Waals surface area contributed by atoms with Crippen LogP contribution in [-0.4, -0.2) is 87.9 Å². The molecule has 3 amide bonds. The minimum Gasteiger partial charge on any atom is -0.345 e. The molecule has 226 valence electrons.